The molecule has 1 N–H and O–H groups in total. The molecule has 0 amide bonds. The molecule has 0 bridgehead atoms. The highest BCUT2D eigenvalue weighted by Crippen LogP contribution is 2.25. The minimum Gasteiger partial charge on any atom is -0.382 e. The lowest BCUT2D eigenvalue weighted by atomic mass is 10.0. The van der Waals surface area contributed by atoms with Gasteiger partial charge in [0.15, 0.2) is 0 Å². The molecule has 1 nitrogen and oxygen atoms in total. The van der Waals surface area contributed by atoms with Gasteiger partial charge < -0.3 is 5.32 Å². The number of hydrogen-bond acceptors (Lipinski definition) is 1. The van der Waals surface area contributed by atoms with Crippen LogP contribution in [-0.2, 0) is 6.42 Å². The zero-order chi connectivity index (χ0) is 13.7. The average Bonchev–Trinajstić information content (AvgIpc) is 2.43. The van der Waals surface area contributed by atoms with Gasteiger partial charge in [0.05, 0.1) is 10.0 Å². The van der Waals surface area contributed by atoms with Crippen molar-refractivity contribution in [2.24, 2.45) is 0 Å². The van der Waals surface area contributed by atoms with E-state index in [1.54, 1.807) is 0 Å². The van der Waals surface area contributed by atoms with Crippen molar-refractivity contribution in [1.82, 2.24) is 0 Å². The summed E-state index contributed by atoms with van der Waals surface area (Å²) in [4.78, 5) is 0. The van der Waals surface area contributed by atoms with Gasteiger partial charge in [-0.25, -0.2) is 0 Å². The molecule has 19 heavy (non-hydrogen) atoms. The molecule has 1 unspecified atom stereocenters. The predicted octanol–water partition coefficient (Wildman–Crippen LogP) is 5.43. The maximum absolute atomic E-state index is 6.03. The molecule has 0 heterocycles. The largest absolute Gasteiger partial charge is 0.382 e. The summed E-state index contributed by atoms with van der Waals surface area (Å²) in [5.41, 5.74) is 2.35. The monoisotopic (exact) mass is 293 g/mol. The molecule has 2 rings (SSSR count). The molecule has 0 fully saturated rings. The Bertz CT molecular complexity index is 526. The number of anilines is 1. The quantitative estimate of drug-likeness (QED) is 0.775. The first-order valence-electron chi connectivity index (χ1n) is 6.44. The minimum atomic E-state index is 0.389. The van der Waals surface area contributed by atoms with Crippen molar-refractivity contribution in [2.75, 3.05) is 5.32 Å². The molecular weight excluding hydrogens is 277 g/mol. The van der Waals surface area contributed by atoms with Crippen molar-refractivity contribution in [3.8, 4) is 0 Å². The lowest BCUT2D eigenvalue weighted by Gasteiger charge is -2.18. The van der Waals surface area contributed by atoms with Crippen LogP contribution in [0.1, 0.15) is 18.9 Å². The molecule has 0 radical (unpaired) electrons. The smallest absolute Gasteiger partial charge is 0.0612 e. The van der Waals surface area contributed by atoms with Crippen molar-refractivity contribution in [3.05, 3.63) is 64.1 Å². The molecule has 100 valence electrons. The number of rotatable bonds is 5. The van der Waals surface area contributed by atoms with Crippen molar-refractivity contribution in [3.63, 3.8) is 0 Å². The third-order valence-corrected chi connectivity index (χ3v) is 3.85. The van der Waals surface area contributed by atoms with E-state index in [1.807, 2.05) is 24.3 Å². The second kappa shape index (κ2) is 6.83. The Kier molecular flexibility index (Phi) is 5.12. The van der Waals surface area contributed by atoms with Crippen LogP contribution in [0.2, 0.25) is 10.0 Å². The lowest BCUT2D eigenvalue weighted by Crippen LogP contribution is -2.21. The van der Waals surface area contributed by atoms with Gasteiger partial charge in [0.25, 0.3) is 0 Å². The number of nitrogens with one attached hydrogen (secondary N) is 1. The average molecular weight is 294 g/mol. The van der Waals surface area contributed by atoms with Crippen molar-refractivity contribution in [1.29, 1.82) is 0 Å². The fourth-order valence-electron chi connectivity index (χ4n) is 2.02. The fourth-order valence-corrected chi connectivity index (χ4v) is 2.32. The summed E-state index contributed by atoms with van der Waals surface area (Å²) in [6.45, 7) is 2.18. The molecule has 3 heteroatoms. The summed E-state index contributed by atoms with van der Waals surface area (Å²) in [7, 11) is 0. The Balaban J connectivity index is 2.04. The Hall–Kier alpha value is -1.18. The van der Waals surface area contributed by atoms with Gasteiger partial charge in [0.1, 0.15) is 0 Å². The number of benzene rings is 2. The first-order chi connectivity index (χ1) is 9.19. The third kappa shape index (κ3) is 4.15. The van der Waals surface area contributed by atoms with Gasteiger partial charge >= 0.3 is 0 Å². The van der Waals surface area contributed by atoms with Gasteiger partial charge in [-0.3, -0.25) is 0 Å². The van der Waals surface area contributed by atoms with Gasteiger partial charge in [-0.1, -0.05) is 60.5 Å². The van der Waals surface area contributed by atoms with E-state index in [0.717, 1.165) is 18.5 Å². The third-order valence-electron chi connectivity index (χ3n) is 3.11. The molecule has 1 atom stereocenters. The summed E-state index contributed by atoms with van der Waals surface area (Å²) in [6.07, 6.45) is 2.05. The molecular formula is C16H17Cl2N. The first kappa shape index (κ1) is 14.2. The summed E-state index contributed by atoms with van der Waals surface area (Å²) < 4.78 is 0. The number of hydrogen-bond donors (Lipinski definition) is 1. The van der Waals surface area contributed by atoms with E-state index in [1.165, 1.54) is 5.56 Å². The van der Waals surface area contributed by atoms with Crippen LogP contribution in [0.4, 0.5) is 5.69 Å². The van der Waals surface area contributed by atoms with Crippen LogP contribution in [0.25, 0.3) is 0 Å². The van der Waals surface area contributed by atoms with Gasteiger partial charge in [-0.05, 0) is 36.6 Å². The first-order valence-corrected chi connectivity index (χ1v) is 7.20. The second-order valence-corrected chi connectivity index (χ2v) is 5.38. The lowest BCUT2D eigenvalue weighted by molar-refractivity contribution is 0.690. The SMILES string of the molecule is CCC(Cc1ccccc1)Nc1ccc(Cl)c(Cl)c1. The summed E-state index contributed by atoms with van der Waals surface area (Å²) >= 11 is 11.9. The van der Waals surface area contributed by atoms with Gasteiger partial charge in [0, 0.05) is 11.7 Å². The number of halogens is 2. The van der Waals surface area contributed by atoms with E-state index in [4.69, 9.17) is 23.2 Å². The summed E-state index contributed by atoms with van der Waals surface area (Å²) in [6, 6.07) is 16.5. The molecule has 0 aliphatic heterocycles. The van der Waals surface area contributed by atoms with Crippen molar-refractivity contribution >= 4 is 28.9 Å². The van der Waals surface area contributed by atoms with E-state index in [-0.39, 0.29) is 0 Å². The Morgan fingerprint density at radius 3 is 2.37 bits per heavy atom. The van der Waals surface area contributed by atoms with Crippen LogP contribution >= 0.6 is 23.2 Å². The molecule has 0 aliphatic carbocycles. The Morgan fingerprint density at radius 1 is 1.00 bits per heavy atom. The zero-order valence-electron chi connectivity index (χ0n) is 10.9. The molecule has 0 aromatic heterocycles. The van der Waals surface area contributed by atoms with E-state index in [9.17, 15) is 0 Å². The highest BCUT2D eigenvalue weighted by molar-refractivity contribution is 6.42. The topological polar surface area (TPSA) is 12.0 Å². The van der Waals surface area contributed by atoms with Gasteiger partial charge in [-0.2, -0.15) is 0 Å². The van der Waals surface area contributed by atoms with Crippen LogP contribution in [0.15, 0.2) is 48.5 Å². The van der Waals surface area contributed by atoms with Crippen LogP contribution in [0.5, 0.6) is 0 Å². The summed E-state index contributed by atoms with van der Waals surface area (Å²) in [5.74, 6) is 0. The standard InChI is InChI=1S/C16H17Cl2N/c1-2-13(10-12-6-4-3-5-7-12)19-14-8-9-15(17)16(18)11-14/h3-9,11,13,19H,2,10H2,1H3. The van der Waals surface area contributed by atoms with Crippen LogP contribution in [0, 0.1) is 0 Å². The zero-order valence-corrected chi connectivity index (χ0v) is 12.4. The Labute approximate surface area is 124 Å². The molecule has 0 aliphatic rings. The molecule has 2 aromatic carbocycles. The highest BCUT2D eigenvalue weighted by Gasteiger charge is 2.08. The van der Waals surface area contributed by atoms with E-state index in [2.05, 4.69) is 36.5 Å². The molecule has 0 saturated heterocycles. The van der Waals surface area contributed by atoms with Crippen molar-refractivity contribution in [2.45, 2.75) is 25.8 Å². The van der Waals surface area contributed by atoms with E-state index < -0.39 is 0 Å². The van der Waals surface area contributed by atoms with Gasteiger partial charge in [-0.15, -0.1) is 0 Å². The maximum atomic E-state index is 6.03. The summed E-state index contributed by atoms with van der Waals surface area (Å²) in [5, 5.41) is 4.67. The van der Waals surface area contributed by atoms with Gasteiger partial charge in [0.2, 0.25) is 0 Å². The van der Waals surface area contributed by atoms with Crippen LogP contribution < -0.4 is 5.32 Å². The molecule has 2 aromatic rings. The van der Waals surface area contributed by atoms with Crippen LogP contribution in [0.3, 0.4) is 0 Å². The van der Waals surface area contributed by atoms with Crippen LogP contribution in [-0.4, -0.2) is 6.04 Å². The predicted molar refractivity (Wildman–Crippen MR) is 84.3 cm³/mol. The highest BCUT2D eigenvalue weighted by atomic mass is 35.5. The van der Waals surface area contributed by atoms with E-state index in [0.29, 0.717) is 16.1 Å². The molecule has 0 spiro atoms. The van der Waals surface area contributed by atoms with Crippen molar-refractivity contribution < 1.29 is 0 Å². The minimum absolute atomic E-state index is 0.389. The normalized spacial score (nSPS) is 12.2. The maximum Gasteiger partial charge on any atom is 0.0612 e. The second-order valence-electron chi connectivity index (χ2n) is 4.57. The Morgan fingerprint density at radius 2 is 1.74 bits per heavy atom. The fraction of sp³-hybridized carbons (Fsp3) is 0.250. The molecule has 0 saturated carbocycles. The van der Waals surface area contributed by atoms with E-state index >= 15 is 0 Å².